The minimum atomic E-state index is -1.06. The maximum absolute atomic E-state index is 14.7. The van der Waals surface area contributed by atoms with Gasteiger partial charge in [-0.15, -0.1) is 6.58 Å². The predicted octanol–water partition coefficient (Wildman–Crippen LogP) is 4.10. The summed E-state index contributed by atoms with van der Waals surface area (Å²) in [4.78, 5) is 45.7. The van der Waals surface area contributed by atoms with E-state index in [1.54, 1.807) is 17.9 Å². The molecule has 3 aliphatic rings. The van der Waals surface area contributed by atoms with Crippen molar-refractivity contribution in [3.05, 3.63) is 12.7 Å². The third kappa shape index (κ3) is 5.27. The highest BCUT2D eigenvalue weighted by Crippen LogP contribution is 2.64. The first-order valence-electron chi connectivity index (χ1n) is 14.5. The fourth-order valence-electron chi connectivity index (χ4n) is 7.70. The minimum Gasteiger partial charge on any atom is -0.466 e. The Labute approximate surface area is 229 Å². The molecule has 216 valence electrons. The van der Waals surface area contributed by atoms with Crippen molar-refractivity contribution in [2.75, 3.05) is 26.3 Å². The van der Waals surface area contributed by atoms with Crippen LogP contribution in [0.4, 0.5) is 0 Å². The topological polar surface area (TPSA) is 96.4 Å². The molecule has 8 nitrogen and oxygen atoms in total. The molecule has 3 rings (SSSR count). The molecule has 3 saturated heterocycles. The Bertz CT molecular complexity index is 911. The second-order valence-corrected chi connectivity index (χ2v) is 13.2. The van der Waals surface area contributed by atoms with E-state index in [4.69, 9.17) is 9.47 Å². The molecule has 38 heavy (non-hydrogen) atoms. The maximum Gasteiger partial charge on any atom is 0.312 e. The lowest BCUT2D eigenvalue weighted by Crippen LogP contribution is -2.61. The van der Waals surface area contributed by atoms with Gasteiger partial charge < -0.3 is 24.4 Å². The fraction of sp³-hybridized carbons (Fsp3) is 0.833. The summed E-state index contributed by atoms with van der Waals surface area (Å²) in [5.41, 5.74) is -2.37. The molecule has 3 aliphatic heterocycles. The van der Waals surface area contributed by atoms with E-state index in [9.17, 15) is 19.5 Å². The number of rotatable bonds is 13. The van der Waals surface area contributed by atoms with Gasteiger partial charge in [0, 0.05) is 25.2 Å². The van der Waals surface area contributed by atoms with Crippen LogP contribution in [0.15, 0.2) is 12.7 Å². The lowest BCUT2D eigenvalue weighted by molar-refractivity contribution is -0.162. The van der Waals surface area contributed by atoms with E-state index in [0.29, 0.717) is 45.2 Å². The third-order valence-corrected chi connectivity index (χ3v) is 8.78. The first-order valence-corrected chi connectivity index (χ1v) is 14.5. The fourth-order valence-corrected chi connectivity index (χ4v) is 7.70. The number of carbonyl (C=O) groups excluding carboxylic acids is 3. The van der Waals surface area contributed by atoms with Gasteiger partial charge >= 0.3 is 5.97 Å². The molecule has 1 N–H and O–H groups in total. The molecule has 8 heteroatoms. The Balaban J connectivity index is 2.09. The number of unbranched alkanes of at least 4 members (excludes halogenated alkanes) is 2. The van der Waals surface area contributed by atoms with Crippen LogP contribution < -0.4 is 0 Å². The molecule has 3 fully saturated rings. The standard InChI is InChI=1S/C30H50N2O6/c1-9-17-32(28(7,8)20-27(4,5)6)25(35)23-30-16-15-29(10-2,38-30)22(26(36)37-11-3)21(30)24(34)31(23)18-13-12-14-19-33/h9,21-23,33H,1,10-20H2,2-8H3/t21-,22-,23?,29+,30?/m0/s1. The van der Waals surface area contributed by atoms with E-state index in [0.717, 1.165) is 12.8 Å². The highest BCUT2D eigenvalue weighted by atomic mass is 16.6. The molecular weight excluding hydrogens is 484 g/mol. The quantitative estimate of drug-likeness (QED) is 0.217. The molecule has 0 aromatic rings. The van der Waals surface area contributed by atoms with Crippen LogP contribution >= 0.6 is 0 Å². The molecule has 2 unspecified atom stereocenters. The molecule has 0 aromatic heterocycles. The van der Waals surface area contributed by atoms with Gasteiger partial charge in [0.15, 0.2) is 0 Å². The number of ether oxygens (including phenoxy) is 2. The maximum atomic E-state index is 14.7. The number of aliphatic hydroxyl groups excluding tert-OH is 1. The van der Waals surface area contributed by atoms with E-state index >= 15 is 0 Å². The number of amides is 2. The molecular formula is C30H50N2O6. The molecule has 2 bridgehead atoms. The number of nitrogens with zero attached hydrogens (tertiary/aromatic N) is 2. The number of carbonyl (C=O) groups is 3. The average Bonchev–Trinajstić information content (AvgIpc) is 3.42. The van der Waals surface area contributed by atoms with Gasteiger partial charge in [0.25, 0.3) is 0 Å². The van der Waals surface area contributed by atoms with Crippen LogP contribution in [0.3, 0.4) is 0 Å². The van der Waals surface area contributed by atoms with Gasteiger partial charge in [-0.1, -0.05) is 33.8 Å². The highest BCUT2D eigenvalue weighted by molar-refractivity contribution is 5.98. The number of hydrogen-bond acceptors (Lipinski definition) is 6. The van der Waals surface area contributed by atoms with Gasteiger partial charge in [0.2, 0.25) is 11.8 Å². The van der Waals surface area contributed by atoms with Crippen molar-refractivity contribution in [2.24, 2.45) is 17.3 Å². The van der Waals surface area contributed by atoms with Gasteiger partial charge in [-0.3, -0.25) is 14.4 Å². The van der Waals surface area contributed by atoms with Crippen molar-refractivity contribution in [3.8, 4) is 0 Å². The normalized spacial score (nSPS) is 30.5. The SMILES string of the molecule is C=CCN(C(=O)C1N(CCCCCO)C(=O)[C@@H]2[C@@H](C(=O)OCC)[C@@]3(CC)CCC12O3)C(C)(C)CC(C)(C)C. The lowest BCUT2D eigenvalue weighted by atomic mass is 9.65. The van der Waals surface area contributed by atoms with Crippen molar-refractivity contribution in [1.29, 1.82) is 0 Å². The predicted molar refractivity (Wildman–Crippen MR) is 146 cm³/mol. The monoisotopic (exact) mass is 534 g/mol. The Kier molecular flexibility index (Phi) is 9.09. The van der Waals surface area contributed by atoms with E-state index in [1.807, 2.05) is 11.8 Å². The van der Waals surface area contributed by atoms with E-state index < -0.39 is 40.6 Å². The molecule has 3 heterocycles. The van der Waals surface area contributed by atoms with Crippen molar-refractivity contribution >= 4 is 17.8 Å². The van der Waals surface area contributed by atoms with Crippen molar-refractivity contribution < 1.29 is 29.0 Å². The number of esters is 1. The molecule has 1 spiro atoms. The second kappa shape index (κ2) is 11.3. The summed E-state index contributed by atoms with van der Waals surface area (Å²) in [5, 5.41) is 9.26. The van der Waals surface area contributed by atoms with Crippen LogP contribution in [-0.4, -0.2) is 81.8 Å². The van der Waals surface area contributed by atoms with Crippen LogP contribution in [0.2, 0.25) is 0 Å². The van der Waals surface area contributed by atoms with Gasteiger partial charge in [0.05, 0.1) is 18.1 Å². The summed E-state index contributed by atoms with van der Waals surface area (Å²) in [5.74, 6) is -2.19. The molecule has 0 radical (unpaired) electrons. The summed E-state index contributed by atoms with van der Waals surface area (Å²) in [6, 6.07) is -0.818. The van der Waals surface area contributed by atoms with Crippen LogP contribution in [0.1, 0.15) is 93.4 Å². The van der Waals surface area contributed by atoms with E-state index in [2.05, 4.69) is 41.2 Å². The number of hydrogen-bond donors (Lipinski definition) is 1. The number of aliphatic hydroxyl groups is 1. The zero-order valence-corrected chi connectivity index (χ0v) is 24.7. The average molecular weight is 535 g/mol. The Morgan fingerprint density at radius 3 is 2.42 bits per heavy atom. The van der Waals surface area contributed by atoms with Crippen LogP contribution in [0.5, 0.6) is 0 Å². The Morgan fingerprint density at radius 2 is 1.87 bits per heavy atom. The first kappa shape index (κ1) is 30.6. The minimum absolute atomic E-state index is 0.0247. The summed E-state index contributed by atoms with van der Waals surface area (Å²) < 4.78 is 12.3. The number of fused-ring (bicyclic) bond motifs is 1. The van der Waals surface area contributed by atoms with Crippen LogP contribution in [0.25, 0.3) is 0 Å². The molecule has 2 amide bonds. The van der Waals surface area contributed by atoms with Crippen LogP contribution in [-0.2, 0) is 23.9 Å². The van der Waals surface area contributed by atoms with Crippen molar-refractivity contribution in [2.45, 2.75) is 116 Å². The molecule has 0 saturated carbocycles. The lowest BCUT2D eigenvalue weighted by Gasteiger charge is -2.45. The first-order chi connectivity index (χ1) is 17.7. The van der Waals surface area contributed by atoms with Crippen LogP contribution in [0, 0.1) is 17.3 Å². The second-order valence-electron chi connectivity index (χ2n) is 13.2. The van der Waals surface area contributed by atoms with E-state index in [-0.39, 0.29) is 30.4 Å². The smallest absolute Gasteiger partial charge is 0.312 e. The van der Waals surface area contributed by atoms with Gasteiger partial charge in [-0.25, -0.2) is 0 Å². The Morgan fingerprint density at radius 1 is 1.18 bits per heavy atom. The number of likely N-dealkylation sites (tertiary alicyclic amines) is 1. The summed E-state index contributed by atoms with van der Waals surface area (Å²) in [6.45, 7) is 19.3. The zero-order chi connectivity index (χ0) is 28.5. The van der Waals surface area contributed by atoms with Gasteiger partial charge in [-0.05, 0) is 71.1 Å². The van der Waals surface area contributed by atoms with Crippen molar-refractivity contribution in [3.63, 3.8) is 0 Å². The Hall–Kier alpha value is -1.93. The molecule has 0 aromatic carbocycles. The highest BCUT2D eigenvalue weighted by Gasteiger charge is 2.79. The van der Waals surface area contributed by atoms with E-state index in [1.165, 1.54) is 0 Å². The summed E-state index contributed by atoms with van der Waals surface area (Å²) in [7, 11) is 0. The summed E-state index contributed by atoms with van der Waals surface area (Å²) >= 11 is 0. The molecule has 0 aliphatic carbocycles. The zero-order valence-electron chi connectivity index (χ0n) is 24.7. The largest absolute Gasteiger partial charge is 0.466 e. The van der Waals surface area contributed by atoms with Gasteiger partial charge in [0.1, 0.15) is 17.6 Å². The summed E-state index contributed by atoms with van der Waals surface area (Å²) in [6.07, 6.45) is 6.29. The van der Waals surface area contributed by atoms with Crippen molar-refractivity contribution in [1.82, 2.24) is 9.80 Å². The third-order valence-electron chi connectivity index (χ3n) is 8.78. The van der Waals surface area contributed by atoms with Gasteiger partial charge in [-0.2, -0.15) is 0 Å². The molecule has 5 atom stereocenters.